The van der Waals surface area contributed by atoms with Gasteiger partial charge in [-0.2, -0.15) is 0 Å². The molecule has 12 heteroatoms. The largest absolute Gasteiger partial charge is 0.442 e. The molecule has 10 nitrogen and oxygen atoms in total. The van der Waals surface area contributed by atoms with Crippen molar-refractivity contribution in [3.8, 4) is 0 Å². The Balaban J connectivity index is 1.36. The Bertz CT molecular complexity index is 961. The van der Waals surface area contributed by atoms with Gasteiger partial charge in [-0.05, 0) is 18.2 Å². The van der Waals surface area contributed by atoms with Crippen LogP contribution >= 0.6 is 11.8 Å². The minimum absolute atomic E-state index is 0.0396. The summed E-state index contributed by atoms with van der Waals surface area (Å²) in [5.74, 6) is 0.215. The molecule has 1 atom stereocenters. The number of thioether (sulfide) groups is 1. The second-order valence-corrected chi connectivity index (χ2v) is 9.10. The van der Waals surface area contributed by atoms with E-state index in [0.29, 0.717) is 37.6 Å². The van der Waals surface area contributed by atoms with Crippen LogP contribution in [0.15, 0.2) is 23.2 Å². The lowest BCUT2D eigenvalue weighted by Crippen LogP contribution is -2.44. The number of benzene rings is 1. The molecule has 2 saturated heterocycles. The first-order valence-electron chi connectivity index (χ1n) is 10.9. The number of rotatable bonds is 6. The molecule has 4 rings (SSSR count). The molecular weight excluding hydrogens is 451 g/mol. The van der Waals surface area contributed by atoms with Crippen LogP contribution in [0.2, 0.25) is 0 Å². The van der Waals surface area contributed by atoms with Gasteiger partial charge in [0.25, 0.3) is 0 Å². The summed E-state index contributed by atoms with van der Waals surface area (Å²) in [6.45, 7) is 4.50. The lowest BCUT2D eigenvalue weighted by molar-refractivity contribution is -0.132. The number of ether oxygens (including phenoxy) is 1. The molecule has 3 aliphatic heterocycles. The van der Waals surface area contributed by atoms with Crippen molar-refractivity contribution in [2.24, 2.45) is 4.99 Å². The van der Waals surface area contributed by atoms with Crippen molar-refractivity contribution >= 4 is 46.1 Å². The fourth-order valence-corrected chi connectivity index (χ4v) is 4.74. The van der Waals surface area contributed by atoms with E-state index in [4.69, 9.17) is 4.74 Å². The standard InChI is InChI=1S/C21H27FN6O4S/c1-14(29)24-12-16-13-27(21(31)32-16)15-2-3-18(17(22)10-15)26-6-4-25-28(8-7-26)20(30)11-19-23-5-9-33-19/h2-3,10,16,25H,4-9,11-13H2,1H3,(H,24,29)/t16-/m0/s1. The molecule has 0 unspecified atom stereocenters. The third-order valence-corrected chi connectivity index (χ3v) is 6.56. The summed E-state index contributed by atoms with van der Waals surface area (Å²) in [6, 6.07) is 4.63. The first-order valence-corrected chi connectivity index (χ1v) is 11.9. The number of carbonyl (C=O) groups excluding carboxylic acids is 3. The second kappa shape index (κ2) is 10.4. The first-order chi connectivity index (χ1) is 15.9. The van der Waals surface area contributed by atoms with E-state index in [9.17, 15) is 14.4 Å². The number of nitrogens with zero attached hydrogens (tertiary/aromatic N) is 4. The smallest absolute Gasteiger partial charge is 0.414 e. The summed E-state index contributed by atoms with van der Waals surface area (Å²) in [5, 5.41) is 5.07. The predicted octanol–water partition coefficient (Wildman–Crippen LogP) is 0.976. The highest BCUT2D eigenvalue weighted by Gasteiger charge is 2.33. The molecule has 0 bridgehead atoms. The zero-order chi connectivity index (χ0) is 23.4. The Morgan fingerprint density at radius 3 is 2.91 bits per heavy atom. The van der Waals surface area contributed by atoms with E-state index in [1.54, 1.807) is 28.9 Å². The van der Waals surface area contributed by atoms with Crippen molar-refractivity contribution < 1.29 is 23.5 Å². The van der Waals surface area contributed by atoms with Gasteiger partial charge in [0, 0.05) is 38.9 Å². The molecule has 0 aromatic heterocycles. The molecule has 1 aromatic rings. The van der Waals surface area contributed by atoms with Gasteiger partial charge in [-0.25, -0.2) is 14.6 Å². The van der Waals surface area contributed by atoms with Gasteiger partial charge in [0.1, 0.15) is 11.9 Å². The van der Waals surface area contributed by atoms with Crippen LogP contribution in [0, 0.1) is 5.82 Å². The van der Waals surface area contributed by atoms with Gasteiger partial charge >= 0.3 is 6.09 Å². The van der Waals surface area contributed by atoms with Crippen LogP contribution < -0.4 is 20.5 Å². The highest BCUT2D eigenvalue weighted by molar-refractivity contribution is 8.14. The number of halogens is 1. The van der Waals surface area contributed by atoms with Gasteiger partial charge in [0.2, 0.25) is 11.8 Å². The van der Waals surface area contributed by atoms with Gasteiger partial charge in [-0.3, -0.25) is 24.5 Å². The number of hydrazine groups is 1. The Kier molecular flexibility index (Phi) is 7.33. The van der Waals surface area contributed by atoms with Gasteiger partial charge in [-0.15, -0.1) is 11.8 Å². The third kappa shape index (κ3) is 5.74. The Morgan fingerprint density at radius 2 is 2.18 bits per heavy atom. The van der Waals surface area contributed by atoms with Gasteiger partial charge in [0.15, 0.2) is 0 Å². The van der Waals surface area contributed by atoms with E-state index >= 15 is 4.39 Å². The highest BCUT2D eigenvalue weighted by atomic mass is 32.2. The highest BCUT2D eigenvalue weighted by Crippen LogP contribution is 2.28. The quantitative estimate of drug-likeness (QED) is 0.628. The Morgan fingerprint density at radius 1 is 1.33 bits per heavy atom. The number of nitrogens with one attached hydrogen (secondary N) is 2. The van der Waals surface area contributed by atoms with Crippen molar-refractivity contribution in [2.45, 2.75) is 19.4 Å². The monoisotopic (exact) mass is 478 g/mol. The maximum atomic E-state index is 15.0. The minimum Gasteiger partial charge on any atom is -0.442 e. The SMILES string of the molecule is CC(=O)NC[C@H]1CN(c2ccc(N3CCNN(C(=O)CC4=NCCS4)CC3)c(F)c2)C(=O)O1. The van der Waals surface area contributed by atoms with Crippen molar-refractivity contribution in [3.05, 3.63) is 24.0 Å². The first kappa shape index (κ1) is 23.3. The van der Waals surface area contributed by atoms with E-state index in [1.807, 2.05) is 4.90 Å². The van der Waals surface area contributed by atoms with E-state index in [1.165, 1.54) is 17.9 Å². The number of hydrogen-bond donors (Lipinski definition) is 2. The van der Waals surface area contributed by atoms with Crippen molar-refractivity contribution in [2.75, 3.05) is 61.4 Å². The van der Waals surface area contributed by atoms with Crippen molar-refractivity contribution in [3.63, 3.8) is 0 Å². The second-order valence-electron chi connectivity index (χ2n) is 7.93. The van der Waals surface area contributed by atoms with Gasteiger partial charge in [-0.1, -0.05) is 0 Å². The van der Waals surface area contributed by atoms with Crippen molar-refractivity contribution in [1.82, 2.24) is 15.8 Å². The van der Waals surface area contributed by atoms with Gasteiger partial charge < -0.3 is 15.0 Å². The summed E-state index contributed by atoms with van der Waals surface area (Å²) in [4.78, 5) is 43.4. The molecule has 178 valence electrons. The molecule has 0 spiro atoms. The molecule has 0 aliphatic carbocycles. The summed E-state index contributed by atoms with van der Waals surface area (Å²) in [6.07, 6.45) is -0.774. The molecule has 3 aliphatic rings. The zero-order valence-corrected chi connectivity index (χ0v) is 19.2. The maximum Gasteiger partial charge on any atom is 0.414 e. The molecule has 33 heavy (non-hydrogen) atoms. The van der Waals surface area contributed by atoms with Gasteiger partial charge in [0.05, 0.1) is 42.5 Å². The van der Waals surface area contributed by atoms with Crippen LogP contribution in [0.1, 0.15) is 13.3 Å². The lowest BCUT2D eigenvalue weighted by Gasteiger charge is -2.24. The molecule has 3 heterocycles. The van der Waals surface area contributed by atoms with Crippen LogP contribution in [0.5, 0.6) is 0 Å². The molecule has 1 aromatic carbocycles. The van der Waals surface area contributed by atoms with Crippen LogP contribution in [0.3, 0.4) is 0 Å². The summed E-state index contributed by atoms with van der Waals surface area (Å²) in [5.41, 5.74) is 3.92. The zero-order valence-electron chi connectivity index (χ0n) is 18.4. The van der Waals surface area contributed by atoms with E-state index in [2.05, 4.69) is 15.7 Å². The fraction of sp³-hybridized carbons (Fsp3) is 0.524. The number of amides is 3. The molecule has 2 fully saturated rings. The molecule has 0 radical (unpaired) electrons. The minimum atomic E-state index is -0.573. The van der Waals surface area contributed by atoms with Crippen LogP contribution in [0.4, 0.5) is 20.6 Å². The average molecular weight is 479 g/mol. The number of anilines is 2. The Labute approximate surface area is 195 Å². The van der Waals surface area contributed by atoms with E-state index in [0.717, 1.165) is 17.3 Å². The molecule has 0 saturated carbocycles. The summed E-state index contributed by atoms with van der Waals surface area (Å²) in [7, 11) is 0. The van der Waals surface area contributed by atoms with Crippen LogP contribution in [0.25, 0.3) is 0 Å². The average Bonchev–Trinajstić information content (AvgIpc) is 3.35. The molecule has 3 amide bonds. The van der Waals surface area contributed by atoms with Crippen molar-refractivity contribution in [1.29, 1.82) is 0 Å². The predicted molar refractivity (Wildman–Crippen MR) is 124 cm³/mol. The van der Waals surface area contributed by atoms with Crippen LogP contribution in [-0.2, 0) is 14.3 Å². The Hall–Kier alpha value is -2.86. The third-order valence-electron chi connectivity index (χ3n) is 5.57. The summed E-state index contributed by atoms with van der Waals surface area (Å²) < 4.78 is 20.3. The molecular formula is C21H27FN6O4S. The molecule has 2 N–H and O–H groups in total. The maximum absolute atomic E-state index is 15.0. The topological polar surface area (TPSA) is 107 Å². The van der Waals surface area contributed by atoms with E-state index < -0.39 is 18.0 Å². The number of cyclic esters (lactones) is 1. The summed E-state index contributed by atoms with van der Waals surface area (Å²) >= 11 is 1.61. The van der Waals surface area contributed by atoms with E-state index in [-0.39, 0.29) is 31.3 Å². The number of carbonyl (C=O) groups is 3. The fourth-order valence-electron chi connectivity index (χ4n) is 3.91. The normalized spacial score (nSPS) is 21.0. The number of aliphatic imine (C=N–C) groups is 1. The lowest BCUT2D eigenvalue weighted by atomic mass is 10.2. The number of hydrogen-bond acceptors (Lipinski definition) is 8. The van der Waals surface area contributed by atoms with Crippen LogP contribution in [-0.4, -0.2) is 85.6 Å².